The van der Waals surface area contributed by atoms with Gasteiger partial charge >= 0.3 is 0 Å². The molecule has 2 aromatic rings. The van der Waals surface area contributed by atoms with E-state index in [1.807, 2.05) is 18.0 Å². The third-order valence-electron chi connectivity index (χ3n) is 3.67. The molecule has 0 unspecified atom stereocenters. The van der Waals surface area contributed by atoms with Crippen molar-refractivity contribution in [2.24, 2.45) is 7.05 Å². The molecule has 0 atom stereocenters. The maximum absolute atomic E-state index is 12.3. The van der Waals surface area contributed by atoms with Crippen molar-refractivity contribution in [3.8, 4) is 0 Å². The Hall–Kier alpha value is -2.09. The van der Waals surface area contributed by atoms with Crippen molar-refractivity contribution < 1.29 is 4.79 Å². The van der Waals surface area contributed by atoms with Crippen LogP contribution in [0.2, 0.25) is 0 Å². The average Bonchev–Trinajstić information content (AvgIpc) is 2.91. The zero-order chi connectivity index (χ0) is 15.7. The van der Waals surface area contributed by atoms with Gasteiger partial charge in [0.15, 0.2) is 0 Å². The molecule has 0 aromatic carbocycles. The van der Waals surface area contributed by atoms with Gasteiger partial charge in [0.25, 0.3) is 5.56 Å². The zero-order valence-corrected chi connectivity index (χ0v) is 13.3. The maximum atomic E-state index is 12.3. The summed E-state index contributed by atoms with van der Waals surface area (Å²) in [7, 11) is 1.73. The van der Waals surface area contributed by atoms with Crippen molar-refractivity contribution in [3.05, 3.63) is 39.6 Å². The van der Waals surface area contributed by atoms with Gasteiger partial charge in [-0.15, -0.1) is 5.10 Å². The van der Waals surface area contributed by atoms with Crippen LogP contribution < -0.4 is 5.56 Å². The van der Waals surface area contributed by atoms with Gasteiger partial charge < -0.3 is 9.47 Å². The first-order valence-corrected chi connectivity index (χ1v) is 7.99. The molecule has 22 heavy (non-hydrogen) atoms. The summed E-state index contributed by atoms with van der Waals surface area (Å²) in [5, 5.41) is 7.35. The van der Waals surface area contributed by atoms with E-state index in [4.69, 9.17) is 0 Å². The first kappa shape index (κ1) is 14.8. The van der Waals surface area contributed by atoms with Crippen LogP contribution in [0, 0.1) is 6.92 Å². The predicted octanol–water partition coefficient (Wildman–Crippen LogP) is 0.489. The van der Waals surface area contributed by atoms with E-state index >= 15 is 0 Å². The number of pyridine rings is 1. The number of rotatable bonds is 3. The Morgan fingerprint density at radius 1 is 1.45 bits per heavy atom. The highest BCUT2D eigenvalue weighted by Gasteiger charge is 2.21. The van der Waals surface area contributed by atoms with E-state index in [9.17, 15) is 9.59 Å². The van der Waals surface area contributed by atoms with Crippen LogP contribution in [-0.2, 0) is 24.8 Å². The number of hydrogen-bond donors (Lipinski definition) is 1. The number of carbonyl (C=O) groups excluding carboxylic acids is 1. The standard InChI is InChI=1S/C14H17N5O2S/c1-9-15-14(17-16-9)22-8-13(21)19-4-3-10-5-12(20)18(2)6-11(10)7-19/h5-6H,3-4,7-8H2,1-2H3,(H,15,16,17). The summed E-state index contributed by atoms with van der Waals surface area (Å²) in [6.45, 7) is 3.02. The summed E-state index contributed by atoms with van der Waals surface area (Å²) in [5.74, 6) is 1.12. The minimum absolute atomic E-state index is 0.00550. The van der Waals surface area contributed by atoms with Crippen LogP contribution in [-0.4, -0.2) is 42.9 Å². The maximum Gasteiger partial charge on any atom is 0.250 e. The van der Waals surface area contributed by atoms with Crippen LogP contribution in [0.3, 0.4) is 0 Å². The molecule has 0 saturated carbocycles. The molecular formula is C14H17N5O2S. The molecule has 0 aliphatic carbocycles. The van der Waals surface area contributed by atoms with Crippen molar-refractivity contribution in [2.45, 2.75) is 25.0 Å². The number of hydrogen-bond acceptors (Lipinski definition) is 5. The Balaban J connectivity index is 1.65. The molecule has 0 spiro atoms. The smallest absolute Gasteiger partial charge is 0.250 e. The number of aromatic nitrogens is 4. The van der Waals surface area contributed by atoms with Crippen molar-refractivity contribution in [3.63, 3.8) is 0 Å². The van der Waals surface area contributed by atoms with Gasteiger partial charge in [0.05, 0.1) is 5.75 Å². The van der Waals surface area contributed by atoms with Gasteiger partial charge in [-0.1, -0.05) is 11.8 Å². The van der Waals surface area contributed by atoms with E-state index in [2.05, 4.69) is 15.2 Å². The first-order valence-electron chi connectivity index (χ1n) is 7.01. The highest BCUT2D eigenvalue weighted by atomic mass is 32.2. The van der Waals surface area contributed by atoms with Crippen LogP contribution in [0.15, 0.2) is 22.2 Å². The van der Waals surface area contributed by atoms with E-state index < -0.39 is 0 Å². The fourth-order valence-electron chi connectivity index (χ4n) is 2.46. The van der Waals surface area contributed by atoms with Crippen molar-refractivity contribution in [1.29, 1.82) is 0 Å². The molecule has 2 aromatic heterocycles. The Morgan fingerprint density at radius 3 is 3.00 bits per heavy atom. The van der Waals surface area contributed by atoms with Gasteiger partial charge in [-0.2, -0.15) is 0 Å². The van der Waals surface area contributed by atoms with Crippen LogP contribution in [0.5, 0.6) is 0 Å². The minimum atomic E-state index is -0.00550. The van der Waals surface area contributed by atoms with Crippen LogP contribution in [0.4, 0.5) is 0 Å². The van der Waals surface area contributed by atoms with Gasteiger partial charge in [0.1, 0.15) is 5.82 Å². The molecular weight excluding hydrogens is 302 g/mol. The lowest BCUT2D eigenvalue weighted by Crippen LogP contribution is -2.38. The van der Waals surface area contributed by atoms with E-state index in [1.54, 1.807) is 17.7 Å². The Morgan fingerprint density at radius 2 is 2.27 bits per heavy atom. The molecule has 1 N–H and O–H groups in total. The average molecular weight is 319 g/mol. The molecule has 1 amide bonds. The molecule has 0 bridgehead atoms. The number of thioether (sulfide) groups is 1. The molecule has 1 aliphatic rings. The SMILES string of the molecule is Cc1nc(SCC(=O)N2CCc3cc(=O)n(C)cc3C2)n[nH]1. The van der Waals surface area contributed by atoms with Crippen molar-refractivity contribution in [1.82, 2.24) is 24.6 Å². The Kier molecular flexibility index (Phi) is 4.02. The Bertz CT molecular complexity index is 767. The molecule has 3 heterocycles. The van der Waals surface area contributed by atoms with Crippen molar-refractivity contribution in [2.75, 3.05) is 12.3 Å². The number of carbonyl (C=O) groups is 1. The lowest BCUT2D eigenvalue weighted by Gasteiger charge is -2.28. The van der Waals surface area contributed by atoms with Crippen LogP contribution in [0.1, 0.15) is 17.0 Å². The monoisotopic (exact) mass is 319 g/mol. The number of amides is 1. The number of H-pyrrole nitrogens is 1. The fraction of sp³-hybridized carbons (Fsp3) is 0.429. The molecule has 3 rings (SSSR count). The second-order valence-corrected chi connectivity index (χ2v) is 6.27. The topological polar surface area (TPSA) is 83.9 Å². The molecule has 0 fully saturated rings. The molecule has 0 radical (unpaired) electrons. The molecule has 8 heteroatoms. The van der Waals surface area contributed by atoms with Gasteiger partial charge in [-0.3, -0.25) is 14.7 Å². The van der Waals surface area contributed by atoms with Gasteiger partial charge in [-0.25, -0.2) is 4.98 Å². The zero-order valence-electron chi connectivity index (χ0n) is 12.5. The van der Waals surface area contributed by atoms with Crippen LogP contribution in [0.25, 0.3) is 0 Å². The van der Waals surface area contributed by atoms with E-state index in [0.717, 1.165) is 23.4 Å². The normalized spacial score (nSPS) is 14.0. The number of fused-ring (bicyclic) bond motifs is 1. The summed E-state index contributed by atoms with van der Waals surface area (Å²) in [5.41, 5.74) is 2.08. The van der Waals surface area contributed by atoms with E-state index in [0.29, 0.717) is 24.0 Å². The number of aryl methyl sites for hydroxylation is 2. The summed E-state index contributed by atoms with van der Waals surface area (Å²) in [4.78, 5) is 29.9. The highest BCUT2D eigenvalue weighted by Crippen LogP contribution is 2.19. The second-order valence-electron chi connectivity index (χ2n) is 5.33. The summed E-state index contributed by atoms with van der Waals surface area (Å²) in [6.07, 6.45) is 2.55. The third-order valence-corrected chi connectivity index (χ3v) is 4.51. The number of nitrogens with one attached hydrogen (secondary N) is 1. The minimum Gasteiger partial charge on any atom is -0.337 e. The molecule has 116 valence electrons. The lowest BCUT2D eigenvalue weighted by atomic mass is 10.0. The second kappa shape index (κ2) is 5.96. The molecule has 7 nitrogen and oxygen atoms in total. The van der Waals surface area contributed by atoms with E-state index in [1.165, 1.54) is 11.8 Å². The van der Waals surface area contributed by atoms with Crippen LogP contribution >= 0.6 is 11.8 Å². The summed E-state index contributed by atoms with van der Waals surface area (Å²) in [6, 6.07) is 1.67. The number of aromatic amines is 1. The van der Waals surface area contributed by atoms with E-state index in [-0.39, 0.29) is 11.5 Å². The van der Waals surface area contributed by atoms with Crippen molar-refractivity contribution >= 4 is 17.7 Å². The van der Waals surface area contributed by atoms with Gasteiger partial charge in [0, 0.05) is 32.4 Å². The third kappa shape index (κ3) is 3.06. The predicted molar refractivity (Wildman–Crippen MR) is 82.6 cm³/mol. The molecule has 1 aliphatic heterocycles. The van der Waals surface area contributed by atoms with Gasteiger partial charge in [-0.05, 0) is 24.5 Å². The quantitative estimate of drug-likeness (QED) is 0.832. The largest absolute Gasteiger partial charge is 0.337 e. The van der Waals surface area contributed by atoms with Gasteiger partial charge in [0.2, 0.25) is 11.1 Å². The number of nitrogens with zero attached hydrogens (tertiary/aromatic N) is 4. The Labute approximate surface area is 131 Å². The lowest BCUT2D eigenvalue weighted by molar-refractivity contribution is -0.129. The fourth-order valence-corrected chi connectivity index (χ4v) is 3.20. The first-order chi connectivity index (χ1) is 10.5. The molecule has 0 saturated heterocycles. The highest BCUT2D eigenvalue weighted by molar-refractivity contribution is 7.99. The summed E-state index contributed by atoms with van der Waals surface area (Å²) >= 11 is 1.33. The summed E-state index contributed by atoms with van der Waals surface area (Å²) < 4.78 is 1.55.